The molecule has 1 atom stereocenters. The molecule has 0 N–H and O–H groups in total. The lowest BCUT2D eigenvalue weighted by molar-refractivity contribution is 0.0606. The van der Waals surface area contributed by atoms with Crippen molar-refractivity contribution in [3.05, 3.63) is 70.5 Å². The van der Waals surface area contributed by atoms with E-state index in [1.54, 1.807) is 11.0 Å². The van der Waals surface area contributed by atoms with E-state index in [-0.39, 0.29) is 11.7 Å². The lowest BCUT2D eigenvalue weighted by Gasteiger charge is -2.37. The number of piperazine rings is 1. The fourth-order valence-corrected chi connectivity index (χ4v) is 3.24. The Labute approximate surface area is 151 Å². The Balaban J connectivity index is 1.67. The van der Waals surface area contributed by atoms with Crippen LogP contribution < -0.4 is 0 Å². The van der Waals surface area contributed by atoms with Crippen molar-refractivity contribution < 1.29 is 9.18 Å². The topological polar surface area (TPSA) is 47.3 Å². The molecule has 0 aliphatic carbocycles. The van der Waals surface area contributed by atoms with Crippen molar-refractivity contribution in [3.63, 3.8) is 0 Å². The second-order valence-electron chi connectivity index (χ2n) is 5.89. The number of halogens is 2. The molecule has 0 spiro atoms. The number of rotatable bonds is 3. The van der Waals surface area contributed by atoms with Gasteiger partial charge in [0.25, 0.3) is 5.91 Å². The highest BCUT2D eigenvalue weighted by Crippen LogP contribution is 2.28. The van der Waals surface area contributed by atoms with Gasteiger partial charge in [0.15, 0.2) is 0 Å². The van der Waals surface area contributed by atoms with E-state index in [0.717, 1.165) is 5.56 Å². The average Bonchev–Trinajstić information content (AvgIpc) is 2.64. The fourth-order valence-electron chi connectivity index (χ4n) is 3.00. The molecule has 0 aromatic heterocycles. The molecule has 128 valence electrons. The molecule has 3 rings (SSSR count). The highest BCUT2D eigenvalue weighted by Gasteiger charge is 2.28. The molecule has 2 aromatic rings. The predicted molar refractivity (Wildman–Crippen MR) is 93.7 cm³/mol. The lowest BCUT2D eigenvalue weighted by Crippen LogP contribution is -2.49. The van der Waals surface area contributed by atoms with E-state index in [4.69, 9.17) is 11.6 Å². The molecule has 1 saturated heterocycles. The molecule has 0 saturated carbocycles. The van der Waals surface area contributed by atoms with Gasteiger partial charge in [-0.25, -0.2) is 4.39 Å². The summed E-state index contributed by atoms with van der Waals surface area (Å²) in [5.74, 6) is -0.483. The maximum absolute atomic E-state index is 13.0. The van der Waals surface area contributed by atoms with Crippen molar-refractivity contribution in [2.75, 3.05) is 26.2 Å². The van der Waals surface area contributed by atoms with Crippen LogP contribution in [0.3, 0.4) is 0 Å². The third-order valence-corrected chi connectivity index (χ3v) is 4.72. The van der Waals surface area contributed by atoms with E-state index in [1.807, 2.05) is 23.1 Å². The molecule has 6 heteroatoms. The van der Waals surface area contributed by atoms with Crippen LogP contribution in [0.4, 0.5) is 4.39 Å². The van der Waals surface area contributed by atoms with Crippen molar-refractivity contribution in [2.45, 2.75) is 6.04 Å². The Kier molecular flexibility index (Phi) is 5.32. The van der Waals surface area contributed by atoms with Crippen LogP contribution in [0.15, 0.2) is 48.5 Å². The van der Waals surface area contributed by atoms with E-state index in [0.29, 0.717) is 36.8 Å². The first-order valence-electron chi connectivity index (χ1n) is 8.03. The second kappa shape index (κ2) is 7.64. The largest absolute Gasteiger partial charge is 0.336 e. The van der Waals surface area contributed by atoms with Crippen molar-refractivity contribution in [1.29, 1.82) is 5.26 Å². The van der Waals surface area contributed by atoms with Gasteiger partial charge in [0, 0.05) is 42.3 Å². The third-order valence-electron chi connectivity index (χ3n) is 4.38. The zero-order valence-electron chi connectivity index (χ0n) is 13.5. The van der Waals surface area contributed by atoms with Crippen molar-refractivity contribution >= 4 is 17.5 Å². The zero-order chi connectivity index (χ0) is 17.8. The van der Waals surface area contributed by atoms with Gasteiger partial charge in [-0.1, -0.05) is 29.8 Å². The van der Waals surface area contributed by atoms with Crippen LogP contribution in [-0.2, 0) is 0 Å². The average molecular weight is 358 g/mol. The third kappa shape index (κ3) is 3.81. The summed E-state index contributed by atoms with van der Waals surface area (Å²) in [6, 6.07) is 14.7. The van der Waals surface area contributed by atoms with E-state index >= 15 is 0 Å². The van der Waals surface area contributed by atoms with Gasteiger partial charge < -0.3 is 4.90 Å². The summed E-state index contributed by atoms with van der Waals surface area (Å²) in [6.07, 6.45) is 0. The quantitative estimate of drug-likeness (QED) is 0.844. The summed E-state index contributed by atoms with van der Waals surface area (Å²) >= 11 is 6.22. The van der Waals surface area contributed by atoms with Gasteiger partial charge >= 0.3 is 0 Å². The Bertz CT molecular complexity index is 795. The maximum atomic E-state index is 13.0. The summed E-state index contributed by atoms with van der Waals surface area (Å²) in [6.45, 7) is 2.18. The summed E-state index contributed by atoms with van der Waals surface area (Å²) in [7, 11) is 0. The van der Waals surface area contributed by atoms with Crippen molar-refractivity contribution in [3.8, 4) is 6.07 Å². The lowest BCUT2D eigenvalue weighted by atomic mass is 10.1. The smallest absolute Gasteiger partial charge is 0.253 e. The molecule has 25 heavy (non-hydrogen) atoms. The minimum atomic E-state index is -0.434. The minimum absolute atomic E-state index is 0.120. The molecule has 1 unspecified atom stereocenters. The van der Waals surface area contributed by atoms with Crippen LogP contribution >= 0.6 is 11.6 Å². The number of amides is 1. The Morgan fingerprint density at radius 2 is 1.72 bits per heavy atom. The van der Waals surface area contributed by atoms with Crippen LogP contribution in [0, 0.1) is 17.1 Å². The van der Waals surface area contributed by atoms with E-state index in [9.17, 15) is 14.4 Å². The molecule has 2 aromatic carbocycles. The highest BCUT2D eigenvalue weighted by atomic mass is 35.5. The molecular weight excluding hydrogens is 341 g/mol. The van der Waals surface area contributed by atoms with Gasteiger partial charge in [-0.05, 0) is 30.3 Å². The normalized spacial score (nSPS) is 16.3. The fraction of sp³-hybridized carbons (Fsp3) is 0.263. The van der Waals surface area contributed by atoms with Crippen LogP contribution in [0.25, 0.3) is 0 Å². The summed E-state index contributed by atoms with van der Waals surface area (Å²) in [4.78, 5) is 16.2. The molecule has 0 radical (unpaired) electrons. The Morgan fingerprint density at radius 1 is 1.08 bits per heavy atom. The molecule has 1 aliphatic rings. The first-order chi connectivity index (χ1) is 12.1. The molecule has 4 nitrogen and oxygen atoms in total. The molecule has 1 fully saturated rings. The van der Waals surface area contributed by atoms with Crippen molar-refractivity contribution in [1.82, 2.24) is 9.80 Å². The highest BCUT2D eigenvalue weighted by molar-refractivity contribution is 6.31. The van der Waals surface area contributed by atoms with E-state index in [1.165, 1.54) is 24.3 Å². The monoisotopic (exact) mass is 357 g/mol. The standard InChI is InChI=1S/C19H17ClFN3O/c20-17-4-2-1-3-16(17)18(13-22)23-9-11-24(12-10-23)19(25)14-5-7-15(21)8-6-14/h1-8,18H,9-12H2. The number of hydrogen-bond acceptors (Lipinski definition) is 3. The minimum Gasteiger partial charge on any atom is -0.336 e. The molecule has 0 bridgehead atoms. The zero-order valence-corrected chi connectivity index (χ0v) is 14.3. The molecule has 1 amide bonds. The van der Waals surface area contributed by atoms with Gasteiger partial charge in [-0.15, -0.1) is 0 Å². The maximum Gasteiger partial charge on any atom is 0.253 e. The van der Waals surface area contributed by atoms with Gasteiger partial charge in [-0.3, -0.25) is 9.69 Å². The van der Waals surface area contributed by atoms with Crippen LogP contribution in [0.5, 0.6) is 0 Å². The summed E-state index contributed by atoms with van der Waals surface area (Å²) in [5, 5.41) is 10.1. The molecular formula is C19H17ClFN3O. The van der Waals surface area contributed by atoms with Crippen molar-refractivity contribution in [2.24, 2.45) is 0 Å². The van der Waals surface area contributed by atoms with Gasteiger partial charge in [-0.2, -0.15) is 5.26 Å². The number of benzene rings is 2. The van der Waals surface area contributed by atoms with Gasteiger partial charge in [0.2, 0.25) is 0 Å². The Morgan fingerprint density at radius 3 is 2.32 bits per heavy atom. The number of hydrogen-bond donors (Lipinski definition) is 0. The number of nitriles is 1. The van der Waals surface area contributed by atoms with E-state index in [2.05, 4.69) is 6.07 Å². The van der Waals surface area contributed by atoms with E-state index < -0.39 is 6.04 Å². The number of nitrogens with zero attached hydrogens (tertiary/aromatic N) is 3. The first kappa shape index (κ1) is 17.4. The van der Waals surface area contributed by atoms with Crippen LogP contribution in [-0.4, -0.2) is 41.9 Å². The van der Waals surface area contributed by atoms with Gasteiger partial charge in [0.05, 0.1) is 6.07 Å². The Hall–Kier alpha value is -2.42. The summed E-state index contributed by atoms with van der Waals surface area (Å²) in [5.41, 5.74) is 1.25. The molecule has 1 heterocycles. The van der Waals surface area contributed by atoms with Crippen LogP contribution in [0.2, 0.25) is 5.02 Å². The first-order valence-corrected chi connectivity index (χ1v) is 8.41. The SMILES string of the molecule is N#CC(c1ccccc1Cl)N1CCN(C(=O)c2ccc(F)cc2)CC1. The molecule has 1 aliphatic heterocycles. The van der Waals surface area contributed by atoms with Crippen LogP contribution in [0.1, 0.15) is 22.0 Å². The van der Waals surface area contributed by atoms with Gasteiger partial charge in [0.1, 0.15) is 11.9 Å². The number of carbonyl (C=O) groups excluding carboxylic acids is 1. The predicted octanol–water partition coefficient (Wildman–Crippen LogP) is 3.50. The summed E-state index contributed by atoms with van der Waals surface area (Å²) < 4.78 is 13.0. The second-order valence-corrected chi connectivity index (χ2v) is 6.30. The number of carbonyl (C=O) groups is 1.